The van der Waals surface area contributed by atoms with Gasteiger partial charge in [0.1, 0.15) is 5.82 Å². The maximum atomic E-state index is 14.4. The molecule has 0 fully saturated rings. The summed E-state index contributed by atoms with van der Waals surface area (Å²) in [6, 6.07) is 13.4. The number of carbonyl (C=O) groups is 1. The van der Waals surface area contributed by atoms with Gasteiger partial charge in [0.25, 0.3) is 5.91 Å². The molecule has 128 valence electrons. The summed E-state index contributed by atoms with van der Waals surface area (Å²) in [7, 11) is 0. The van der Waals surface area contributed by atoms with Crippen LogP contribution in [0.4, 0.5) is 10.1 Å². The molecule has 1 N–H and O–H groups in total. The predicted octanol–water partition coefficient (Wildman–Crippen LogP) is 3.45. The summed E-state index contributed by atoms with van der Waals surface area (Å²) in [5.74, 6) is -0.799. The van der Waals surface area contributed by atoms with Crippen LogP contribution in [0.15, 0.2) is 79.6 Å². The summed E-state index contributed by atoms with van der Waals surface area (Å²) in [4.78, 5) is 16.6. The lowest BCUT2D eigenvalue weighted by Crippen LogP contribution is -2.15. The summed E-state index contributed by atoms with van der Waals surface area (Å²) in [5, 5.41) is 6.89. The quantitative estimate of drug-likeness (QED) is 0.615. The van der Waals surface area contributed by atoms with Crippen molar-refractivity contribution >= 4 is 11.6 Å². The summed E-state index contributed by atoms with van der Waals surface area (Å²) in [6.07, 6.45) is 8.12. The van der Waals surface area contributed by atoms with E-state index in [1.807, 2.05) is 6.07 Å². The largest absolute Gasteiger partial charge is 0.322 e. The summed E-state index contributed by atoms with van der Waals surface area (Å²) in [5.41, 5.74) is 1.81. The van der Waals surface area contributed by atoms with Crippen LogP contribution in [0.3, 0.4) is 0 Å². The van der Waals surface area contributed by atoms with Crippen molar-refractivity contribution in [3.05, 3.63) is 91.0 Å². The molecule has 0 bridgehead atoms. The first-order valence-corrected chi connectivity index (χ1v) is 7.90. The Balaban J connectivity index is 1.61. The molecule has 0 unspecified atom stereocenters. The van der Waals surface area contributed by atoms with Crippen LogP contribution in [0.1, 0.15) is 10.4 Å². The van der Waals surface area contributed by atoms with Gasteiger partial charge in [-0.2, -0.15) is 5.10 Å². The molecule has 6 nitrogen and oxygen atoms in total. The Hall–Kier alpha value is -3.74. The second-order valence-electron chi connectivity index (χ2n) is 5.56. The predicted molar refractivity (Wildman–Crippen MR) is 95.0 cm³/mol. The van der Waals surface area contributed by atoms with Crippen LogP contribution < -0.4 is 5.32 Å². The molecule has 0 spiro atoms. The number of nitrogens with one attached hydrogen (secondary N) is 1. The number of halogens is 1. The van der Waals surface area contributed by atoms with E-state index in [1.165, 1.54) is 12.4 Å². The van der Waals surface area contributed by atoms with E-state index in [0.717, 1.165) is 0 Å². The Morgan fingerprint density at radius 1 is 1.00 bits per heavy atom. The Morgan fingerprint density at radius 2 is 1.88 bits per heavy atom. The van der Waals surface area contributed by atoms with Crippen molar-refractivity contribution in [1.29, 1.82) is 0 Å². The van der Waals surface area contributed by atoms with Crippen molar-refractivity contribution in [2.24, 2.45) is 0 Å². The Bertz CT molecular complexity index is 1040. The van der Waals surface area contributed by atoms with E-state index in [4.69, 9.17) is 0 Å². The van der Waals surface area contributed by atoms with Crippen LogP contribution >= 0.6 is 0 Å². The zero-order valence-corrected chi connectivity index (χ0v) is 13.6. The maximum absolute atomic E-state index is 14.4. The Morgan fingerprint density at radius 3 is 2.62 bits per heavy atom. The van der Waals surface area contributed by atoms with E-state index < -0.39 is 5.82 Å². The molecule has 2 heterocycles. The van der Waals surface area contributed by atoms with E-state index in [1.54, 1.807) is 70.4 Å². The fourth-order valence-corrected chi connectivity index (χ4v) is 2.67. The molecule has 0 radical (unpaired) electrons. The minimum Gasteiger partial charge on any atom is -0.322 e. The lowest BCUT2D eigenvalue weighted by molar-refractivity contribution is 0.102. The molecule has 0 aliphatic carbocycles. The van der Waals surface area contributed by atoms with E-state index in [0.29, 0.717) is 22.6 Å². The fraction of sp³-hybridized carbons (Fsp3) is 0. The van der Waals surface area contributed by atoms with Gasteiger partial charge in [0.05, 0.1) is 23.3 Å². The number of aromatic nitrogens is 4. The summed E-state index contributed by atoms with van der Waals surface area (Å²) < 4.78 is 17.5. The van der Waals surface area contributed by atoms with Crippen molar-refractivity contribution in [2.75, 3.05) is 5.32 Å². The number of hydrogen-bond donors (Lipinski definition) is 1. The molecule has 7 heteroatoms. The summed E-state index contributed by atoms with van der Waals surface area (Å²) >= 11 is 0. The summed E-state index contributed by atoms with van der Waals surface area (Å²) in [6.45, 7) is 0. The SMILES string of the molecule is O=C(Nc1ccc(-n2ccnc2)c(F)c1)c1ccccc1-n1cccn1. The molecule has 0 aliphatic rings. The number of rotatable bonds is 4. The normalized spacial score (nSPS) is 10.7. The Labute approximate surface area is 148 Å². The standard InChI is InChI=1S/C19H14FN5O/c20-16-12-14(6-7-18(16)24-11-9-21-13-24)23-19(26)15-4-1-2-5-17(15)25-10-3-8-22-25/h1-13H,(H,23,26). The molecule has 2 aromatic carbocycles. The van der Waals surface area contributed by atoms with E-state index in [9.17, 15) is 9.18 Å². The number of carbonyl (C=O) groups excluding carboxylic acids is 1. The van der Waals surface area contributed by atoms with E-state index in [2.05, 4.69) is 15.4 Å². The van der Waals surface area contributed by atoms with Crippen molar-refractivity contribution in [3.63, 3.8) is 0 Å². The average Bonchev–Trinajstić information content (AvgIpc) is 3.36. The zero-order chi connectivity index (χ0) is 17.9. The van der Waals surface area contributed by atoms with Gasteiger partial charge in [-0.3, -0.25) is 4.79 Å². The highest BCUT2D eigenvalue weighted by atomic mass is 19.1. The highest BCUT2D eigenvalue weighted by molar-refractivity contribution is 6.06. The number of amides is 1. The third kappa shape index (κ3) is 2.98. The van der Waals surface area contributed by atoms with Gasteiger partial charge in [0, 0.05) is 30.5 Å². The monoisotopic (exact) mass is 347 g/mol. The van der Waals surface area contributed by atoms with E-state index in [-0.39, 0.29) is 5.91 Å². The van der Waals surface area contributed by atoms with Crippen LogP contribution in [0.5, 0.6) is 0 Å². The minimum atomic E-state index is -0.457. The molecule has 4 rings (SSSR count). The number of anilines is 1. The van der Waals surface area contributed by atoms with Crippen LogP contribution in [-0.2, 0) is 0 Å². The van der Waals surface area contributed by atoms with E-state index >= 15 is 0 Å². The molecule has 26 heavy (non-hydrogen) atoms. The van der Waals surface area contributed by atoms with Crippen LogP contribution in [0, 0.1) is 5.82 Å². The van der Waals surface area contributed by atoms with Crippen molar-refractivity contribution in [1.82, 2.24) is 19.3 Å². The first-order chi connectivity index (χ1) is 12.7. The minimum absolute atomic E-state index is 0.342. The second-order valence-corrected chi connectivity index (χ2v) is 5.56. The van der Waals surface area contributed by atoms with Gasteiger partial charge in [-0.25, -0.2) is 14.1 Å². The van der Waals surface area contributed by atoms with Gasteiger partial charge in [-0.1, -0.05) is 12.1 Å². The Kier molecular flexibility index (Phi) is 4.03. The zero-order valence-electron chi connectivity index (χ0n) is 13.6. The molecule has 2 aromatic heterocycles. The molecular formula is C19H14FN5O. The van der Waals surface area contributed by atoms with Crippen LogP contribution in [0.25, 0.3) is 11.4 Å². The van der Waals surface area contributed by atoms with Gasteiger partial charge in [0.15, 0.2) is 0 Å². The highest BCUT2D eigenvalue weighted by Gasteiger charge is 2.14. The van der Waals surface area contributed by atoms with Crippen LogP contribution in [0.2, 0.25) is 0 Å². The second kappa shape index (κ2) is 6.64. The number of hydrogen-bond acceptors (Lipinski definition) is 3. The smallest absolute Gasteiger partial charge is 0.257 e. The highest BCUT2D eigenvalue weighted by Crippen LogP contribution is 2.20. The van der Waals surface area contributed by atoms with Crippen molar-refractivity contribution < 1.29 is 9.18 Å². The van der Waals surface area contributed by atoms with Crippen molar-refractivity contribution in [3.8, 4) is 11.4 Å². The first kappa shape index (κ1) is 15.8. The number of imidazole rings is 1. The molecule has 4 aromatic rings. The van der Waals surface area contributed by atoms with Gasteiger partial charge in [0.2, 0.25) is 0 Å². The molecule has 1 amide bonds. The molecule has 0 saturated heterocycles. The molecular weight excluding hydrogens is 333 g/mol. The number of nitrogens with zero attached hydrogens (tertiary/aromatic N) is 4. The van der Waals surface area contributed by atoms with Gasteiger partial charge in [-0.05, 0) is 36.4 Å². The fourth-order valence-electron chi connectivity index (χ4n) is 2.67. The average molecular weight is 347 g/mol. The topological polar surface area (TPSA) is 64.7 Å². The lowest BCUT2D eigenvalue weighted by Gasteiger charge is -2.11. The first-order valence-electron chi connectivity index (χ1n) is 7.90. The van der Waals surface area contributed by atoms with Gasteiger partial charge >= 0.3 is 0 Å². The van der Waals surface area contributed by atoms with Crippen molar-refractivity contribution in [2.45, 2.75) is 0 Å². The molecule has 0 atom stereocenters. The third-order valence-corrected chi connectivity index (χ3v) is 3.89. The lowest BCUT2D eigenvalue weighted by atomic mass is 10.1. The molecule has 0 saturated carbocycles. The van der Waals surface area contributed by atoms with Gasteiger partial charge in [-0.15, -0.1) is 0 Å². The number of para-hydroxylation sites is 1. The number of benzene rings is 2. The van der Waals surface area contributed by atoms with Gasteiger partial charge < -0.3 is 9.88 Å². The maximum Gasteiger partial charge on any atom is 0.257 e. The third-order valence-electron chi connectivity index (χ3n) is 3.89. The van der Waals surface area contributed by atoms with Crippen LogP contribution in [-0.4, -0.2) is 25.2 Å². The molecule has 0 aliphatic heterocycles.